The number of carbonyl (C=O) groups excluding carboxylic acids is 3. The Labute approximate surface area is 211 Å². The molecule has 3 aromatic carbocycles. The van der Waals surface area contributed by atoms with E-state index in [0.29, 0.717) is 32.7 Å². The van der Waals surface area contributed by atoms with Gasteiger partial charge in [-0.2, -0.15) is 5.10 Å². The van der Waals surface area contributed by atoms with Crippen molar-refractivity contribution in [2.24, 2.45) is 5.10 Å². The molecule has 0 saturated carbocycles. The quantitative estimate of drug-likeness (QED) is 0.155. The lowest BCUT2D eigenvalue weighted by Gasteiger charge is -2.12. The fourth-order valence-corrected chi connectivity index (χ4v) is 3.46. The number of esters is 1. The summed E-state index contributed by atoms with van der Waals surface area (Å²) in [6, 6.07) is 17.1. The van der Waals surface area contributed by atoms with E-state index in [1.54, 1.807) is 61.5 Å². The molecule has 0 bridgehead atoms. The normalized spacial score (nSPS) is 10.9. The van der Waals surface area contributed by atoms with Gasteiger partial charge in [-0.1, -0.05) is 18.2 Å². The van der Waals surface area contributed by atoms with E-state index in [1.165, 1.54) is 7.11 Å². The maximum atomic E-state index is 12.5. The number of nitrogens with one attached hydrogen (secondary N) is 2. The minimum Gasteiger partial charge on any atom is -0.493 e. The molecule has 9 heteroatoms. The van der Waals surface area contributed by atoms with Gasteiger partial charge in [-0.15, -0.1) is 0 Å². The minimum atomic E-state index is -0.909. The number of ether oxygens (including phenoxy) is 2. The molecule has 0 aliphatic heterocycles. The van der Waals surface area contributed by atoms with Crippen LogP contribution in [0.4, 0.5) is 5.69 Å². The molecule has 0 radical (unpaired) electrons. The number of nitrogens with zero attached hydrogens (tertiary/aromatic N) is 1. The Kier molecular flexibility index (Phi) is 8.38. The van der Waals surface area contributed by atoms with Crippen molar-refractivity contribution < 1.29 is 23.9 Å². The average molecular weight is 538 g/mol. The molecule has 0 fully saturated rings. The van der Waals surface area contributed by atoms with E-state index < -0.39 is 17.8 Å². The predicted molar refractivity (Wildman–Crippen MR) is 137 cm³/mol. The number of aryl methyl sites for hydroxylation is 2. The zero-order valence-electron chi connectivity index (χ0n) is 19.6. The van der Waals surface area contributed by atoms with Crippen molar-refractivity contribution in [3.05, 3.63) is 87.4 Å². The number of benzene rings is 3. The smallest absolute Gasteiger partial charge is 0.344 e. The van der Waals surface area contributed by atoms with Crippen molar-refractivity contribution in [2.45, 2.75) is 20.8 Å². The van der Waals surface area contributed by atoms with Crippen molar-refractivity contribution in [3.8, 4) is 11.5 Å². The first-order chi connectivity index (χ1) is 16.7. The lowest BCUT2D eigenvalue weighted by atomic mass is 10.1. The Morgan fingerprint density at radius 3 is 2.31 bits per heavy atom. The van der Waals surface area contributed by atoms with Gasteiger partial charge in [0.25, 0.3) is 0 Å². The molecule has 0 aliphatic carbocycles. The predicted octanol–water partition coefficient (Wildman–Crippen LogP) is 4.77. The van der Waals surface area contributed by atoms with Crippen LogP contribution in [0.15, 0.2) is 70.2 Å². The van der Waals surface area contributed by atoms with E-state index in [-0.39, 0.29) is 5.75 Å². The van der Waals surface area contributed by atoms with Gasteiger partial charge in [0.05, 0.1) is 18.4 Å². The third kappa shape index (κ3) is 6.54. The van der Waals surface area contributed by atoms with Gasteiger partial charge in [0.1, 0.15) is 0 Å². The molecule has 2 N–H and O–H groups in total. The Hall–Kier alpha value is -3.98. The number of carbonyl (C=O) groups is 3. The van der Waals surface area contributed by atoms with E-state index in [2.05, 4.69) is 31.8 Å². The van der Waals surface area contributed by atoms with E-state index in [9.17, 15) is 14.4 Å². The fraction of sp³-hybridized carbons (Fsp3) is 0.154. The first-order valence-electron chi connectivity index (χ1n) is 10.6. The van der Waals surface area contributed by atoms with Crippen molar-refractivity contribution in [1.82, 2.24) is 5.43 Å². The Balaban J connectivity index is 1.67. The molecule has 0 saturated heterocycles. The van der Waals surface area contributed by atoms with Crippen LogP contribution in [0.5, 0.6) is 11.5 Å². The molecule has 0 spiro atoms. The summed E-state index contributed by atoms with van der Waals surface area (Å²) >= 11 is 3.33. The van der Waals surface area contributed by atoms with Gasteiger partial charge in [-0.05, 0) is 90.3 Å². The maximum Gasteiger partial charge on any atom is 0.344 e. The van der Waals surface area contributed by atoms with Crippen molar-refractivity contribution in [1.29, 1.82) is 0 Å². The number of halogens is 1. The highest BCUT2D eigenvalue weighted by atomic mass is 79.9. The summed E-state index contributed by atoms with van der Waals surface area (Å²) in [6.45, 7) is 5.53. The summed E-state index contributed by atoms with van der Waals surface area (Å²) in [5.74, 6) is -1.76. The molecule has 0 heterocycles. The van der Waals surface area contributed by atoms with Gasteiger partial charge in [-0.25, -0.2) is 10.2 Å². The number of hydrogen-bond acceptors (Lipinski definition) is 6. The first kappa shape index (κ1) is 25.6. The second-order valence-electron chi connectivity index (χ2n) is 7.63. The highest BCUT2D eigenvalue weighted by Crippen LogP contribution is 2.30. The first-order valence-corrected chi connectivity index (χ1v) is 11.4. The number of hydrazone groups is 1. The zero-order valence-corrected chi connectivity index (χ0v) is 21.2. The van der Waals surface area contributed by atoms with E-state index in [0.717, 1.165) is 11.1 Å². The molecule has 3 aromatic rings. The summed E-state index contributed by atoms with van der Waals surface area (Å²) in [4.78, 5) is 36.9. The lowest BCUT2D eigenvalue weighted by molar-refractivity contribution is -0.136. The lowest BCUT2D eigenvalue weighted by Crippen LogP contribution is -2.33. The zero-order chi connectivity index (χ0) is 25.5. The Morgan fingerprint density at radius 1 is 0.886 bits per heavy atom. The molecule has 0 aromatic heterocycles. The van der Waals surface area contributed by atoms with Crippen LogP contribution in [0.1, 0.15) is 34.0 Å². The average Bonchev–Trinajstić information content (AvgIpc) is 2.84. The van der Waals surface area contributed by atoms with Crippen molar-refractivity contribution >= 4 is 45.1 Å². The summed E-state index contributed by atoms with van der Waals surface area (Å²) in [7, 11) is 1.44. The van der Waals surface area contributed by atoms with Crippen LogP contribution in [0.3, 0.4) is 0 Å². The molecule has 0 atom stereocenters. The second-order valence-corrected chi connectivity index (χ2v) is 8.48. The number of amides is 2. The molecule has 2 amide bonds. The summed E-state index contributed by atoms with van der Waals surface area (Å²) in [5.41, 5.74) is 6.23. The van der Waals surface area contributed by atoms with Crippen LogP contribution in [0, 0.1) is 13.8 Å². The van der Waals surface area contributed by atoms with Crippen LogP contribution >= 0.6 is 15.9 Å². The third-order valence-electron chi connectivity index (χ3n) is 5.17. The summed E-state index contributed by atoms with van der Waals surface area (Å²) in [6.07, 6.45) is 0. The minimum absolute atomic E-state index is 0.224. The second kappa shape index (κ2) is 11.4. The van der Waals surface area contributed by atoms with E-state index >= 15 is 0 Å². The van der Waals surface area contributed by atoms with Crippen molar-refractivity contribution in [3.63, 3.8) is 0 Å². The molecular weight excluding hydrogens is 514 g/mol. The molecule has 3 rings (SSSR count). The van der Waals surface area contributed by atoms with E-state index in [1.807, 2.05) is 19.9 Å². The topological polar surface area (TPSA) is 106 Å². The van der Waals surface area contributed by atoms with Crippen molar-refractivity contribution in [2.75, 3.05) is 12.4 Å². The van der Waals surface area contributed by atoms with Gasteiger partial charge in [-0.3, -0.25) is 9.59 Å². The van der Waals surface area contributed by atoms with Gasteiger partial charge in [0.2, 0.25) is 0 Å². The highest BCUT2D eigenvalue weighted by Gasteiger charge is 2.17. The third-order valence-corrected chi connectivity index (χ3v) is 5.87. The van der Waals surface area contributed by atoms with E-state index in [4.69, 9.17) is 9.47 Å². The fourth-order valence-electron chi connectivity index (χ4n) is 3.02. The van der Waals surface area contributed by atoms with Gasteiger partial charge in [0, 0.05) is 15.7 Å². The Bertz CT molecular complexity index is 1320. The highest BCUT2D eigenvalue weighted by molar-refractivity contribution is 9.10. The van der Waals surface area contributed by atoms with Gasteiger partial charge < -0.3 is 14.8 Å². The molecule has 0 aliphatic rings. The summed E-state index contributed by atoms with van der Waals surface area (Å²) < 4.78 is 11.5. The number of methoxy groups -OCH3 is 1. The van der Waals surface area contributed by atoms with Gasteiger partial charge >= 0.3 is 17.8 Å². The van der Waals surface area contributed by atoms with Gasteiger partial charge in [0.15, 0.2) is 11.5 Å². The maximum absolute atomic E-state index is 12.5. The number of rotatable bonds is 6. The van der Waals surface area contributed by atoms with Crippen LogP contribution in [0.2, 0.25) is 0 Å². The largest absolute Gasteiger partial charge is 0.493 e. The molecule has 180 valence electrons. The van der Waals surface area contributed by atoms with Crippen LogP contribution in [-0.2, 0) is 9.59 Å². The summed E-state index contributed by atoms with van der Waals surface area (Å²) in [5, 5.41) is 6.54. The Morgan fingerprint density at radius 2 is 1.63 bits per heavy atom. The molecule has 35 heavy (non-hydrogen) atoms. The monoisotopic (exact) mass is 537 g/mol. The van der Waals surface area contributed by atoms with Crippen LogP contribution in [0.25, 0.3) is 0 Å². The number of anilines is 1. The van der Waals surface area contributed by atoms with Crippen LogP contribution in [-0.4, -0.2) is 30.6 Å². The molecule has 8 nitrogen and oxygen atoms in total. The van der Waals surface area contributed by atoms with Crippen LogP contribution < -0.4 is 20.2 Å². The molecular formula is C26H24BrN3O5. The standard InChI is InChI=1S/C26H24BrN3O5/c1-15-9-11-19(13-16(15)2)28-24(31)25(32)30-29-17(3)18-10-12-22(23(14-18)34-4)35-26(33)20-7-5-6-8-21(20)27/h5-14H,1-4H3,(H,28,31)(H,30,32)/b29-17+. The number of hydrogen-bond donors (Lipinski definition) is 2. The molecule has 0 unspecified atom stereocenters. The SMILES string of the molecule is COc1cc(/C(C)=N/NC(=O)C(=O)Nc2ccc(C)c(C)c2)ccc1OC(=O)c1ccccc1Br.